The van der Waals surface area contributed by atoms with Crippen molar-refractivity contribution >= 4 is 0 Å². The van der Waals surface area contributed by atoms with E-state index in [2.05, 4.69) is 24.0 Å². The predicted octanol–water partition coefficient (Wildman–Crippen LogP) is 1.68. The van der Waals surface area contributed by atoms with Crippen molar-refractivity contribution in [2.24, 2.45) is 0 Å². The molecule has 1 fully saturated rings. The number of rotatable bonds is 4. The minimum atomic E-state index is -0.0530. The zero-order chi connectivity index (χ0) is 12.3. The Bertz CT molecular complexity index is 360. The molecule has 1 N–H and O–H groups in total. The van der Waals surface area contributed by atoms with Gasteiger partial charge >= 0.3 is 0 Å². The second-order valence-corrected chi connectivity index (χ2v) is 4.70. The maximum atomic E-state index is 9.23. The number of hydrogen-bond acceptors (Lipinski definition) is 4. The molecular formula is C12H21N3O2. The van der Waals surface area contributed by atoms with Crippen molar-refractivity contribution in [1.82, 2.24) is 14.8 Å². The highest BCUT2D eigenvalue weighted by Crippen LogP contribution is 2.37. The highest BCUT2D eigenvalue weighted by atomic mass is 16.5. The van der Waals surface area contributed by atoms with E-state index in [1.807, 2.05) is 4.57 Å². The number of aromatic nitrogens is 3. The lowest BCUT2D eigenvalue weighted by atomic mass is 9.86. The van der Waals surface area contributed by atoms with E-state index in [9.17, 15) is 5.11 Å². The lowest BCUT2D eigenvalue weighted by Gasteiger charge is -2.40. The molecule has 0 aliphatic carbocycles. The molecular weight excluding hydrogens is 218 g/mol. The van der Waals surface area contributed by atoms with Crippen LogP contribution >= 0.6 is 0 Å². The fraction of sp³-hybridized carbons (Fsp3) is 0.833. The second-order valence-electron chi connectivity index (χ2n) is 4.70. The Morgan fingerprint density at radius 1 is 1.53 bits per heavy atom. The van der Waals surface area contributed by atoms with Gasteiger partial charge in [0.15, 0.2) is 5.82 Å². The van der Waals surface area contributed by atoms with E-state index in [0.717, 1.165) is 32.3 Å². The summed E-state index contributed by atoms with van der Waals surface area (Å²) in [7, 11) is 0. The summed E-state index contributed by atoms with van der Waals surface area (Å²) in [6.45, 7) is 5.06. The van der Waals surface area contributed by atoms with E-state index in [1.165, 1.54) is 0 Å². The minimum absolute atomic E-state index is 0.0140. The molecule has 0 bridgehead atoms. The number of ether oxygens (including phenoxy) is 1. The molecule has 5 nitrogen and oxygen atoms in total. The molecule has 0 amide bonds. The van der Waals surface area contributed by atoms with Gasteiger partial charge in [-0.2, -0.15) is 0 Å². The first kappa shape index (κ1) is 12.5. The first-order chi connectivity index (χ1) is 8.24. The quantitative estimate of drug-likeness (QED) is 0.868. The Morgan fingerprint density at radius 3 is 2.94 bits per heavy atom. The highest BCUT2D eigenvalue weighted by molar-refractivity contribution is 4.93. The summed E-state index contributed by atoms with van der Waals surface area (Å²) in [4.78, 5) is 0. The van der Waals surface area contributed by atoms with Gasteiger partial charge in [0.1, 0.15) is 12.9 Å². The Labute approximate surface area is 102 Å². The fourth-order valence-corrected chi connectivity index (χ4v) is 2.67. The van der Waals surface area contributed by atoms with Crippen molar-refractivity contribution in [1.29, 1.82) is 0 Å². The van der Waals surface area contributed by atoms with Crippen LogP contribution in [0.4, 0.5) is 0 Å². The maximum Gasteiger partial charge on any atom is 0.158 e. The van der Waals surface area contributed by atoms with Crippen molar-refractivity contribution < 1.29 is 9.84 Å². The number of hydrogen-bond donors (Lipinski definition) is 1. The molecule has 96 valence electrons. The summed E-state index contributed by atoms with van der Waals surface area (Å²) >= 11 is 0. The fourth-order valence-electron chi connectivity index (χ4n) is 2.67. The number of aliphatic hydroxyl groups is 1. The Hall–Kier alpha value is -0.940. The van der Waals surface area contributed by atoms with Gasteiger partial charge in [-0.3, -0.25) is 0 Å². The van der Waals surface area contributed by atoms with Gasteiger partial charge in [0.05, 0.1) is 5.60 Å². The molecule has 1 atom stereocenters. The van der Waals surface area contributed by atoms with Gasteiger partial charge in [-0.15, -0.1) is 10.2 Å². The van der Waals surface area contributed by atoms with Crippen molar-refractivity contribution in [3.8, 4) is 0 Å². The molecule has 17 heavy (non-hydrogen) atoms. The number of aliphatic hydroxyl groups excluding tert-OH is 1. The van der Waals surface area contributed by atoms with Crippen molar-refractivity contribution in [3.05, 3.63) is 12.2 Å². The lowest BCUT2D eigenvalue weighted by molar-refractivity contribution is -0.0992. The van der Waals surface area contributed by atoms with Gasteiger partial charge in [-0.1, -0.05) is 13.8 Å². The van der Waals surface area contributed by atoms with Crippen LogP contribution in [0.3, 0.4) is 0 Å². The summed E-state index contributed by atoms with van der Waals surface area (Å²) in [6, 6.07) is 0.348. The zero-order valence-electron chi connectivity index (χ0n) is 10.6. The topological polar surface area (TPSA) is 60.2 Å². The monoisotopic (exact) mass is 239 g/mol. The average molecular weight is 239 g/mol. The second kappa shape index (κ2) is 5.14. The Morgan fingerprint density at radius 2 is 2.29 bits per heavy atom. The van der Waals surface area contributed by atoms with Crippen LogP contribution in [0.2, 0.25) is 0 Å². The largest absolute Gasteiger partial charge is 0.388 e. The standard InChI is InChI=1S/C12H21N3O2/c1-3-12(4-2)7-10(5-6-17-12)15-9-13-14-11(15)8-16/h9-10,16H,3-8H2,1-2H3. The third-order valence-electron chi connectivity index (χ3n) is 3.94. The van der Waals surface area contributed by atoms with E-state index in [-0.39, 0.29) is 12.2 Å². The van der Waals surface area contributed by atoms with Crippen LogP contribution in [-0.4, -0.2) is 32.1 Å². The highest BCUT2D eigenvalue weighted by Gasteiger charge is 2.35. The Kier molecular flexibility index (Phi) is 3.79. The summed E-state index contributed by atoms with van der Waals surface area (Å²) in [6.07, 6.45) is 5.71. The maximum absolute atomic E-state index is 9.23. The Balaban J connectivity index is 2.17. The predicted molar refractivity (Wildman–Crippen MR) is 63.5 cm³/mol. The average Bonchev–Trinajstić information content (AvgIpc) is 2.87. The molecule has 1 aromatic rings. The zero-order valence-corrected chi connectivity index (χ0v) is 10.6. The van der Waals surface area contributed by atoms with Gasteiger partial charge < -0.3 is 14.4 Å². The molecule has 0 radical (unpaired) electrons. The smallest absolute Gasteiger partial charge is 0.158 e. The van der Waals surface area contributed by atoms with Crippen molar-refractivity contribution in [2.45, 2.75) is 57.8 Å². The van der Waals surface area contributed by atoms with Crippen LogP contribution in [0.1, 0.15) is 51.4 Å². The molecule has 1 saturated heterocycles. The van der Waals surface area contributed by atoms with Gasteiger partial charge in [0.2, 0.25) is 0 Å². The van der Waals surface area contributed by atoms with Gasteiger partial charge in [-0.05, 0) is 25.7 Å². The SMILES string of the molecule is CCC1(CC)CC(n2cnnc2CO)CCO1. The molecule has 1 unspecified atom stereocenters. The third-order valence-corrected chi connectivity index (χ3v) is 3.94. The minimum Gasteiger partial charge on any atom is -0.388 e. The molecule has 1 aromatic heterocycles. The molecule has 2 rings (SSSR count). The van der Waals surface area contributed by atoms with E-state index in [4.69, 9.17) is 4.74 Å². The molecule has 0 aromatic carbocycles. The van der Waals surface area contributed by atoms with E-state index in [0.29, 0.717) is 11.9 Å². The van der Waals surface area contributed by atoms with E-state index >= 15 is 0 Å². The van der Waals surface area contributed by atoms with Gasteiger partial charge in [0.25, 0.3) is 0 Å². The van der Waals surface area contributed by atoms with Gasteiger partial charge in [-0.25, -0.2) is 0 Å². The van der Waals surface area contributed by atoms with Crippen LogP contribution in [-0.2, 0) is 11.3 Å². The van der Waals surface area contributed by atoms with Crippen molar-refractivity contribution in [3.63, 3.8) is 0 Å². The summed E-state index contributed by atoms with van der Waals surface area (Å²) < 4.78 is 7.95. The molecule has 0 saturated carbocycles. The summed E-state index contributed by atoms with van der Waals surface area (Å²) in [5.41, 5.74) is -0.0140. The molecule has 0 spiro atoms. The van der Waals surface area contributed by atoms with Crippen molar-refractivity contribution in [2.75, 3.05) is 6.61 Å². The summed E-state index contributed by atoms with van der Waals surface area (Å²) in [5, 5.41) is 17.0. The van der Waals surface area contributed by atoms with E-state index in [1.54, 1.807) is 6.33 Å². The molecule has 2 heterocycles. The first-order valence-electron chi connectivity index (χ1n) is 6.38. The molecule has 1 aliphatic heterocycles. The van der Waals surface area contributed by atoms with Crippen LogP contribution in [0.25, 0.3) is 0 Å². The van der Waals surface area contributed by atoms with Crippen LogP contribution in [0.5, 0.6) is 0 Å². The van der Waals surface area contributed by atoms with Crippen LogP contribution in [0.15, 0.2) is 6.33 Å². The third kappa shape index (κ3) is 2.35. The normalized spacial score (nSPS) is 23.8. The molecule has 1 aliphatic rings. The lowest BCUT2D eigenvalue weighted by Crippen LogP contribution is -2.39. The summed E-state index contributed by atoms with van der Waals surface area (Å²) in [5.74, 6) is 0.651. The first-order valence-corrected chi connectivity index (χ1v) is 6.38. The molecule has 5 heteroatoms. The van der Waals surface area contributed by atoms with Gasteiger partial charge in [0, 0.05) is 12.6 Å². The number of nitrogens with zero attached hydrogens (tertiary/aromatic N) is 3. The van der Waals surface area contributed by atoms with E-state index < -0.39 is 0 Å². The van der Waals surface area contributed by atoms with Crippen LogP contribution < -0.4 is 0 Å². The van der Waals surface area contributed by atoms with Crippen LogP contribution in [0, 0.1) is 0 Å².